The maximum Gasteiger partial charge on any atom is 0.0948 e. The molecule has 4 heteroatoms. The molecule has 0 amide bonds. The minimum Gasteiger partial charge on any atom is -0.394 e. The Balaban J connectivity index is 2.55. The highest BCUT2D eigenvalue weighted by molar-refractivity contribution is 4.88. The predicted molar refractivity (Wildman–Crippen MR) is 65.3 cm³/mol. The highest BCUT2D eigenvalue weighted by Gasteiger charge is 2.25. The van der Waals surface area contributed by atoms with Crippen LogP contribution in [0.25, 0.3) is 0 Å². The Morgan fingerprint density at radius 1 is 1.56 bits per heavy atom. The lowest BCUT2D eigenvalue weighted by molar-refractivity contribution is 0.151. The van der Waals surface area contributed by atoms with Gasteiger partial charge in [0, 0.05) is 24.0 Å². The predicted octanol–water partition coefficient (Wildman–Crippen LogP) is 1.58. The van der Waals surface area contributed by atoms with E-state index in [1.807, 2.05) is 12.5 Å². The molecule has 0 aliphatic carbocycles. The van der Waals surface area contributed by atoms with Crippen LogP contribution in [0.1, 0.15) is 39.7 Å². The van der Waals surface area contributed by atoms with Crippen molar-refractivity contribution in [1.29, 1.82) is 0 Å². The van der Waals surface area contributed by atoms with Crippen LogP contribution in [0.15, 0.2) is 18.7 Å². The molecule has 1 aromatic heterocycles. The van der Waals surface area contributed by atoms with Crippen molar-refractivity contribution in [1.82, 2.24) is 14.9 Å². The van der Waals surface area contributed by atoms with Crippen LogP contribution in [-0.4, -0.2) is 33.3 Å². The maximum absolute atomic E-state index is 9.47. The molecule has 16 heavy (non-hydrogen) atoms. The van der Waals surface area contributed by atoms with Gasteiger partial charge in [0.1, 0.15) is 0 Å². The van der Waals surface area contributed by atoms with Crippen LogP contribution in [0, 0.1) is 0 Å². The van der Waals surface area contributed by atoms with E-state index in [0.29, 0.717) is 6.04 Å². The molecular weight excluding hydrogens is 202 g/mol. The van der Waals surface area contributed by atoms with E-state index >= 15 is 0 Å². The molecule has 1 heterocycles. The first-order valence-electron chi connectivity index (χ1n) is 5.94. The number of aliphatic hydroxyl groups excluding tert-OH is 1. The van der Waals surface area contributed by atoms with Crippen LogP contribution < -0.4 is 5.32 Å². The topological polar surface area (TPSA) is 50.1 Å². The normalized spacial score (nSPS) is 17.0. The SMILES string of the molecule is CCCNC(C)(CO)CC(C)n1ccnc1. The summed E-state index contributed by atoms with van der Waals surface area (Å²) in [5.74, 6) is 0. The maximum atomic E-state index is 9.47. The Morgan fingerprint density at radius 3 is 2.81 bits per heavy atom. The van der Waals surface area contributed by atoms with Crippen molar-refractivity contribution >= 4 is 0 Å². The van der Waals surface area contributed by atoms with Gasteiger partial charge in [0.2, 0.25) is 0 Å². The number of aromatic nitrogens is 2. The quantitative estimate of drug-likeness (QED) is 0.741. The third kappa shape index (κ3) is 3.61. The highest BCUT2D eigenvalue weighted by atomic mass is 16.3. The molecule has 0 spiro atoms. The number of nitrogens with zero attached hydrogens (tertiary/aromatic N) is 2. The van der Waals surface area contributed by atoms with E-state index in [0.717, 1.165) is 19.4 Å². The van der Waals surface area contributed by atoms with E-state index in [9.17, 15) is 5.11 Å². The zero-order valence-electron chi connectivity index (χ0n) is 10.5. The Hall–Kier alpha value is -0.870. The number of hydrogen-bond donors (Lipinski definition) is 2. The van der Waals surface area contributed by atoms with Gasteiger partial charge in [-0.3, -0.25) is 0 Å². The Kier molecular flexibility index (Phi) is 4.96. The summed E-state index contributed by atoms with van der Waals surface area (Å²) >= 11 is 0. The lowest BCUT2D eigenvalue weighted by atomic mass is 9.94. The molecule has 2 unspecified atom stereocenters. The van der Waals surface area contributed by atoms with Crippen molar-refractivity contribution in [2.24, 2.45) is 0 Å². The molecular formula is C12H23N3O. The van der Waals surface area contributed by atoms with Gasteiger partial charge < -0.3 is 15.0 Å². The number of aliphatic hydroxyl groups is 1. The zero-order chi connectivity index (χ0) is 12.0. The van der Waals surface area contributed by atoms with Crippen molar-refractivity contribution in [3.8, 4) is 0 Å². The summed E-state index contributed by atoms with van der Waals surface area (Å²) in [4.78, 5) is 4.04. The average molecular weight is 225 g/mol. The first-order chi connectivity index (χ1) is 7.61. The van der Waals surface area contributed by atoms with Gasteiger partial charge in [-0.1, -0.05) is 6.92 Å². The van der Waals surface area contributed by atoms with Crippen LogP contribution in [0.4, 0.5) is 0 Å². The van der Waals surface area contributed by atoms with Crippen LogP contribution in [-0.2, 0) is 0 Å². The summed E-state index contributed by atoms with van der Waals surface area (Å²) in [6.07, 6.45) is 7.53. The monoisotopic (exact) mass is 225 g/mol. The summed E-state index contributed by atoms with van der Waals surface area (Å²) in [6.45, 7) is 7.43. The summed E-state index contributed by atoms with van der Waals surface area (Å²) < 4.78 is 2.07. The molecule has 0 saturated heterocycles. The molecule has 0 aliphatic rings. The van der Waals surface area contributed by atoms with Crippen LogP contribution in [0.2, 0.25) is 0 Å². The summed E-state index contributed by atoms with van der Waals surface area (Å²) in [5.41, 5.74) is -0.209. The molecule has 0 aliphatic heterocycles. The standard InChI is InChI=1S/C12H23N3O/c1-4-5-14-12(3,9-16)8-11(2)15-7-6-13-10-15/h6-7,10-11,14,16H,4-5,8-9H2,1-3H3. The highest BCUT2D eigenvalue weighted by Crippen LogP contribution is 2.20. The van der Waals surface area contributed by atoms with Gasteiger partial charge in [-0.25, -0.2) is 4.98 Å². The average Bonchev–Trinajstić information content (AvgIpc) is 2.80. The summed E-state index contributed by atoms with van der Waals surface area (Å²) in [5, 5.41) is 12.9. The molecule has 0 radical (unpaired) electrons. The van der Waals surface area contributed by atoms with E-state index in [1.165, 1.54) is 0 Å². The van der Waals surface area contributed by atoms with Gasteiger partial charge in [-0.15, -0.1) is 0 Å². The molecule has 92 valence electrons. The zero-order valence-corrected chi connectivity index (χ0v) is 10.5. The second kappa shape index (κ2) is 6.01. The van der Waals surface area contributed by atoms with Crippen LogP contribution >= 0.6 is 0 Å². The fraction of sp³-hybridized carbons (Fsp3) is 0.750. The van der Waals surface area contributed by atoms with Crippen molar-refractivity contribution in [2.45, 2.75) is 45.2 Å². The second-order valence-electron chi connectivity index (χ2n) is 4.71. The summed E-state index contributed by atoms with van der Waals surface area (Å²) in [7, 11) is 0. The molecule has 0 aromatic carbocycles. The van der Waals surface area contributed by atoms with Crippen molar-refractivity contribution < 1.29 is 5.11 Å². The number of hydrogen-bond acceptors (Lipinski definition) is 3. The van der Waals surface area contributed by atoms with Gasteiger partial charge in [0.25, 0.3) is 0 Å². The molecule has 0 bridgehead atoms. The van der Waals surface area contributed by atoms with Gasteiger partial charge >= 0.3 is 0 Å². The number of nitrogens with one attached hydrogen (secondary N) is 1. The van der Waals surface area contributed by atoms with Crippen molar-refractivity contribution in [2.75, 3.05) is 13.2 Å². The molecule has 2 N–H and O–H groups in total. The lowest BCUT2D eigenvalue weighted by Gasteiger charge is -2.32. The fourth-order valence-corrected chi connectivity index (χ4v) is 1.91. The first kappa shape index (κ1) is 13.2. The number of rotatable bonds is 7. The minimum absolute atomic E-state index is 0.159. The molecule has 1 aromatic rings. The van der Waals surface area contributed by atoms with Crippen LogP contribution in [0.5, 0.6) is 0 Å². The van der Waals surface area contributed by atoms with E-state index < -0.39 is 0 Å². The first-order valence-corrected chi connectivity index (χ1v) is 5.94. The Morgan fingerprint density at radius 2 is 2.31 bits per heavy atom. The summed E-state index contributed by atoms with van der Waals surface area (Å²) in [6, 6.07) is 0.337. The third-order valence-corrected chi connectivity index (χ3v) is 2.93. The molecule has 1 rings (SSSR count). The largest absolute Gasteiger partial charge is 0.394 e. The smallest absolute Gasteiger partial charge is 0.0948 e. The minimum atomic E-state index is -0.209. The number of imidazole rings is 1. The fourth-order valence-electron chi connectivity index (χ4n) is 1.91. The van der Waals surface area contributed by atoms with Gasteiger partial charge in [-0.05, 0) is 33.2 Å². The van der Waals surface area contributed by atoms with Crippen molar-refractivity contribution in [3.05, 3.63) is 18.7 Å². The van der Waals surface area contributed by atoms with Gasteiger partial charge in [0.15, 0.2) is 0 Å². The Labute approximate surface area is 97.7 Å². The van der Waals surface area contributed by atoms with E-state index in [1.54, 1.807) is 6.20 Å². The third-order valence-electron chi connectivity index (χ3n) is 2.93. The Bertz CT molecular complexity index is 286. The molecule has 0 saturated carbocycles. The van der Waals surface area contributed by atoms with E-state index in [2.05, 4.69) is 35.6 Å². The van der Waals surface area contributed by atoms with E-state index in [4.69, 9.17) is 0 Å². The van der Waals surface area contributed by atoms with Gasteiger partial charge in [0.05, 0.1) is 12.9 Å². The second-order valence-corrected chi connectivity index (χ2v) is 4.71. The molecule has 2 atom stereocenters. The molecule has 4 nitrogen and oxygen atoms in total. The van der Waals surface area contributed by atoms with Gasteiger partial charge in [-0.2, -0.15) is 0 Å². The lowest BCUT2D eigenvalue weighted by Crippen LogP contribution is -2.47. The molecule has 0 fully saturated rings. The van der Waals surface area contributed by atoms with Crippen molar-refractivity contribution in [3.63, 3.8) is 0 Å². The van der Waals surface area contributed by atoms with E-state index in [-0.39, 0.29) is 12.1 Å². The van der Waals surface area contributed by atoms with Crippen LogP contribution in [0.3, 0.4) is 0 Å².